The van der Waals surface area contributed by atoms with Gasteiger partial charge in [0, 0.05) is 49.4 Å². The number of aromatic nitrogens is 1. The van der Waals surface area contributed by atoms with Crippen molar-refractivity contribution >= 4 is 71.6 Å². The fraction of sp³-hybridized carbons (Fsp3) is 0. The predicted molar refractivity (Wildman–Crippen MR) is 206 cm³/mol. The molecule has 0 N–H and O–H groups in total. The number of benzene rings is 8. The first-order valence-corrected chi connectivity index (χ1v) is 14.2. The summed E-state index contributed by atoms with van der Waals surface area (Å²) in [5, 5.41) is -3.95. The summed E-state index contributed by atoms with van der Waals surface area (Å²) in [5.74, 6) is 0. The Bertz CT molecular complexity index is 4480. The average molecular weight is 657 g/mol. The third-order valence-corrected chi connectivity index (χ3v) is 7.62. The van der Waals surface area contributed by atoms with E-state index in [1.807, 2.05) is 0 Å². The third kappa shape index (κ3) is 4.37. The first-order valence-electron chi connectivity index (χ1n) is 29.2. The van der Waals surface area contributed by atoms with Gasteiger partial charge in [-0.15, -0.1) is 0 Å². The van der Waals surface area contributed by atoms with Crippen LogP contribution in [0.3, 0.4) is 0 Å². The summed E-state index contributed by atoms with van der Waals surface area (Å²) >= 11 is 0. The van der Waals surface area contributed by atoms with Crippen LogP contribution >= 0.6 is 0 Å². The molecule has 8 aromatic carbocycles. The van der Waals surface area contributed by atoms with Crippen LogP contribution in [0.25, 0.3) is 71.3 Å². The van der Waals surface area contributed by atoms with E-state index in [9.17, 15) is 17.8 Å². The van der Waals surface area contributed by atoms with Crippen LogP contribution in [0.5, 0.6) is 0 Å². The molecule has 0 bridgehead atoms. The van der Waals surface area contributed by atoms with Crippen LogP contribution in [-0.4, -0.2) is 4.57 Å². The van der Waals surface area contributed by atoms with Crippen molar-refractivity contribution < 1.29 is 45.5 Å². The molecule has 0 saturated carbocycles. The number of hydrogen-bond acceptors (Lipinski definition) is 2. The number of para-hydroxylation sites is 3. The molecule has 0 radical (unpaired) electrons. The first kappa shape index (κ1) is 11.0. The Kier molecular flexibility index (Phi) is 2.47. The maximum Gasteiger partial charge on any atom is 0.143 e. The summed E-state index contributed by atoms with van der Waals surface area (Å²) in [6.07, 6.45) is 0. The van der Waals surface area contributed by atoms with Crippen molar-refractivity contribution in [1.29, 1.82) is 0 Å². The van der Waals surface area contributed by atoms with Crippen LogP contribution in [0.1, 0.15) is 41.1 Å². The van der Waals surface area contributed by atoms with Crippen LogP contribution in [0.2, 0.25) is 0 Å². The zero-order chi connectivity index (χ0) is 58.4. The minimum atomic E-state index is -1.27. The van der Waals surface area contributed by atoms with Gasteiger partial charge in [-0.3, -0.25) is 0 Å². The van der Waals surface area contributed by atoms with Crippen molar-refractivity contribution in [2.75, 3.05) is 4.90 Å². The third-order valence-electron chi connectivity index (χ3n) is 7.62. The first-order chi connectivity index (χ1) is 36.8. The maximum absolute atomic E-state index is 10.1. The monoisotopic (exact) mass is 656 g/mol. The van der Waals surface area contributed by atoms with E-state index in [-0.39, 0.29) is 0 Å². The van der Waals surface area contributed by atoms with Crippen molar-refractivity contribution in [3.63, 3.8) is 0 Å². The number of furan rings is 1. The normalized spacial score (nSPS) is 20.2. The molecule has 10 rings (SSSR count). The Morgan fingerprint density at radius 3 is 1.88 bits per heavy atom. The van der Waals surface area contributed by atoms with Crippen LogP contribution in [0.4, 0.5) is 17.1 Å². The van der Waals surface area contributed by atoms with Crippen molar-refractivity contribution in [2.24, 2.45) is 0 Å². The molecule has 10 aromatic rings. The van der Waals surface area contributed by atoms with Gasteiger partial charge in [0.2, 0.25) is 0 Å². The highest BCUT2D eigenvalue weighted by Gasteiger charge is 2.20. The summed E-state index contributed by atoms with van der Waals surface area (Å²) in [6.45, 7) is 0. The van der Waals surface area contributed by atoms with Crippen LogP contribution in [-0.2, 0) is 0 Å². The Labute approximate surface area is 325 Å². The fourth-order valence-electron chi connectivity index (χ4n) is 5.54. The molecule has 0 fully saturated rings. The second-order valence-corrected chi connectivity index (χ2v) is 10.3. The number of hydrogen-bond donors (Lipinski definition) is 0. The van der Waals surface area contributed by atoms with E-state index in [1.54, 1.807) is 0 Å². The Hall–Kier alpha value is -6.58. The van der Waals surface area contributed by atoms with Gasteiger partial charge >= 0.3 is 0 Å². The Balaban J connectivity index is 1.50. The molecule has 230 valence electrons. The quantitative estimate of drug-likeness (QED) is 0.184. The van der Waals surface area contributed by atoms with Gasteiger partial charge in [0.05, 0.1) is 57.8 Å². The molecule has 49 heavy (non-hydrogen) atoms. The smallest absolute Gasteiger partial charge is 0.143 e. The Morgan fingerprint density at radius 2 is 1.04 bits per heavy atom. The molecule has 0 spiro atoms. The summed E-state index contributed by atoms with van der Waals surface area (Å²) in [4.78, 5) is 0.414. The standard InChI is InChI=1S/C46H30N2O/c1-3-12-31(13-4-1)32-22-24-34(25-23-32)47(42-20-11-18-39-37(42)27-28-40-38-17-8-10-21-45(38)49-46(39)40)35-26-29-44-41(30-35)36-16-7-9-19-43(36)48(44)33-14-5-2-6-15-33/h1-30H/i1D,2D,3D,4D,5D,6D,7D,8D,9D,10D,11D,12D,13D,14D,15D,16D,17D,18D,19D,20D,21D,22D,23D,24D,25D,26D,27D,28D,29D,30D. The van der Waals surface area contributed by atoms with Gasteiger partial charge in [-0.05, 0) is 77.6 Å². The van der Waals surface area contributed by atoms with Crippen LogP contribution < -0.4 is 4.90 Å². The van der Waals surface area contributed by atoms with Crippen molar-refractivity contribution in [3.05, 3.63) is 181 Å². The summed E-state index contributed by atoms with van der Waals surface area (Å²) < 4.78 is 276. The molecule has 0 amide bonds. The van der Waals surface area contributed by atoms with Crippen LogP contribution in [0, 0.1) is 0 Å². The number of anilines is 3. The average Bonchev–Trinajstić information content (AvgIpc) is 4.21. The van der Waals surface area contributed by atoms with Gasteiger partial charge in [0.1, 0.15) is 11.2 Å². The molecule has 0 atom stereocenters. The van der Waals surface area contributed by atoms with E-state index >= 15 is 0 Å². The van der Waals surface area contributed by atoms with Crippen LogP contribution in [0.15, 0.2) is 186 Å². The van der Waals surface area contributed by atoms with Gasteiger partial charge in [0.25, 0.3) is 0 Å². The number of fused-ring (bicyclic) bond motifs is 8. The summed E-state index contributed by atoms with van der Waals surface area (Å²) in [7, 11) is 0. The molecule has 0 saturated heterocycles. The molecule has 0 aliphatic rings. The van der Waals surface area contributed by atoms with E-state index in [0.717, 1.165) is 0 Å². The largest absolute Gasteiger partial charge is 0.455 e. The number of nitrogens with zero attached hydrogens (tertiary/aromatic N) is 2. The molecule has 3 heteroatoms. The molecule has 0 unspecified atom stereocenters. The van der Waals surface area contributed by atoms with E-state index in [4.69, 9.17) is 27.7 Å². The lowest BCUT2D eigenvalue weighted by Gasteiger charge is -2.27. The maximum atomic E-state index is 10.1. The van der Waals surface area contributed by atoms with Gasteiger partial charge in [-0.2, -0.15) is 0 Å². The topological polar surface area (TPSA) is 21.3 Å². The highest BCUT2D eigenvalue weighted by atomic mass is 16.3. The van der Waals surface area contributed by atoms with Gasteiger partial charge in [-0.1, -0.05) is 115 Å². The van der Waals surface area contributed by atoms with Crippen molar-refractivity contribution in [2.45, 2.75) is 0 Å². The number of rotatable bonds is 5. The minimum absolute atomic E-state index is 0.414. The summed E-state index contributed by atoms with van der Waals surface area (Å²) in [6, 6.07) is -30.2. The zero-order valence-corrected chi connectivity index (χ0v) is 24.3. The SMILES string of the molecule is [2H]c1c([2H])c([2H])c(-c2c([2H])c([2H])c(N(c3c([2H])c([2H])c4c(c3[2H])c3c([2H])c([2H])c([2H])c([2H])c3n4-c3c([2H])c([2H])c([2H])c([2H])c3[2H])c3c([2H])c([2H])c([2H])c4c3c([2H])c([2H])c3c4oc4c([2H])c([2H])c([2H])c([2H])c43)c([2H])c2[2H])c([2H])c1[2H]. The molecule has 2 heterocycles. The molecular formula is C46H30N2O. The van der Waals surface area contributed by atoms with Crippen molar-refractivity contribution in [3.8, 4) is 16.8 Å². The lowest BCUT2D eigenvalue weighted by atomic mass is 10.0. The molecule has 2 aromatic heterocycles. The van der Waals surface area contributed by atoms with Gasteiger partial charge in [-0.25, -0.2) is 0 Å². The molecular weight excluding hydrogens is 597 g/mol. The van der Waals surface area contributed by atoms with E-state index < -0.39 is 270 Å². The van der Waals surface area contributed by atoms with Gasteiger partial charge < -0.3 is 13.9 Å². The molecule has 0 aliphatic carbocycles. The highest BCUT2D eigenvalue weighted by molar-refractivity contribution is 6.18. The van der Waals surface area contributed by atoms with Gasteiger partial charge in [0.15, 0.2) is 0 Å². The van der Waals surface area contributed by atoms with E-state index in [0.29, 0.717) is 9.47 Å². The van der Waals surface area contributed by atoms with Crippen molar-refractivity contribution in [1.82, 2.24) is 4.57 Å². The predicted octanol–water partition coefficient (Wildman–Crippen LogP) is 13.0. The second kappa shape index (κ2) is 11.0. The lowest BCUT2D eigenvalue weighted by Crippen LogP contribution is -2.10. The Morgan fingerprint density at radius 1 is 0.429 bits per heavy atom. The zero-order valence-electron chi connectivity index (χ0n) is 54.3. The lowest BCUT2D eigenvalue weighted by molar-refractivity contribution is 0.672. The summed E-state index contributed by atoms with van der Waals surface area (Å²) in [5.41, 5.74) is -8.58. The van der Waals surface area contributed by atoms with E-state index in [1.165, 1.54) is 0 Å². The van der Waals surface area contributed by atoms with E-state index in [2.05, 4.69) is 0 Å². The highest BCUT2D eigenvalue weighted by Crippen LogP contribution is 2.44. The molecule has 0 aliphatic heterocycles. The minimum Gasteiger partial charge on any atom is -0.455 e. The second-order valence-electron chi connectivity index (χ2n) is 10.3. The molecule has 3 nitrogen and oxygen atoms in total. The fourth-order valence-corrected chi connectivity index (χ4v) is 5.54.